The average Bonchev–Trinajstić information content (AvgIpc) is 2.12. The van der Waals surface area contributed by atoms with Crippen LogP contribution in [-0.4, -0.2) is 35.4 Å². The summed E-state index contributed by atoms with van der Waals surface area (Å²) in [5.41, 5.74) is 4.43. The van der Waals surface area contributed by atoms with Crippen LogP contribution in [0.25, 0.3) is 0 Å². The van der Waals surface area contributed by atoms with Crippen molar-refractivity contribution in [2.24, 2.45) is 11.1 Å². The molecule has 0 aliphatic heterocycles. The lowest BCUT2D eigenvalue weighted by Crippen LogP contribution is -2.45. The molecule has 4 N–H and O–H groups in total. The summed E-state index contributed by atoms with van der Waals surface area (Å²) in [6.07, 6.45) is -0.0538. The Morgan fingerprint density at radius 1 is 1.28 bits per heavy atom. The summed E-state index contributed by atoms with van der Waals surface area (Å²) in [4.78, 5) is 22.2. The lowest BCUT2D eigenvalue weighted by atomic mass is 9.82. The molecule has 0 heterocycles. The summed E-state index contributed by atoms with van der Waals surface area (Å²) in [6.45, 7) is 9.15. The van der Waals surface area contributed by atoms with E-state index in [-0.39, 0.29) is 0 Å². The van der Waals surface area contributed by atoms with E-state index >= 15 is 0 Å². The van der Waals surface area contributed by atoms with Gasteiger partial charge in [-0.2, -0.15) is 0 Å². The number of hydrogen-bond acceptors (Lipinski definition) is 4. The maximum Gasteiger partial charge on any atom is 0.407 e. The second-order valence-corrected chi connectivity index (χ2v) is 5.98. The Morgan fingerprint density at radius 2 is 1.78 bits per heavy atom. The number of hydrogen-bond donors (Lipinski definition) is 3. The second kappa shape index (κ2) is 6.04. The molecule has 0 saturated carbocycles. The van der Waals surface area contributed by atoms with Crippen LogP contribution in [0, 0.1) is 5.41 Å². The predicted octanol–water partition coefficient (Wildman–Crippen LogP) is 1.34. The number of carboxylic acids is 1. The Balaban J connectivity index is 4.12. The van der Waals surface area contributed by atoms with Crippen molar-refractivity contribution < 1.29 is 19.4 Å². The highest BCUT2D eigenvalue weighted by molar-refractivity contribution is 5.74. The minimum atomic E-state index is -1.04. The number of rotatable bonds is 5. The number of amides is 1. The van der Waals surface area contributed by atoms with E-state index in [1.54, 1.807) is 34.6 Å². The molecule has 1 atom stereocenters. The van der Waals surface area contributed by atoms with Crippen molar-refractivity contribution >= 4 is 12.1 Å². The van der Waals surface area contributed by atoms with Crippen LogP contribution in [-0.2, 0) is 9.53 Å². The summed E-state index contributed by atoms with van der Waals surface area (Å²) < 4.78 is 5.06. The molecule has 1 amide bonds. The predicted molar refractivity (Wildman–Crippen MR) is 68.2 cm³/mol. The van der Waals surface area contributed by atoms with Crippen molar-refractivity contribution in [3.8, 4) is 0 Å². The zero-order valence-corrected chi connectivity index (χ0v) is 11.7. The summed E-state index contributed by atoms with van der Waals surface area (Å²) in [7, 11) is 0. The third-order valence-corrected chi connectivity index (χ3v) is 2.55. The number of aliphatic carboxylic acids is 1. The normalized spacial score (nSPS) is 13.9. The summed E-state index contributed by atoms with van der Waals surface area (Å²) in [5.74, 6) is -1.04. The van der Waals surface area contributed by atoms with Crippen molar-refractivity contribution in [3.63, 3.8) is 0 Å². The lowest BCUT2D eigenvalue weighted by Gasteiger charge is -2.28. The first-order valence-electron chi connectivity index (χ1n) is 5.91. The number of carbonyl (C=O) groups excluding carboxylic acids is 1. The van der Waals surface area contributed by atoms with E-state index in [0.717, 1.165) is 0 Å². The minimum absolute atomic E-state index is 0.322. The molecule has 0 aromatic heterocycles. The van der Waals surface area contributed by atoms with Gasteiger partial charge in [0.05, 0.1) is 0 Å². The first-order valence-corrected chi connectivity index (χ1v) is 5.91. The molecule has 6 heteroatoms. The first kappa shape index (κ1) is 16.7. The molecule has 18 heavy (non-hydrogen) atoms. The molecule has 0 spiro atoms. The van der Waals surface area contributed by atoms with E-state index < -0.39 is 29.1 Å². The molecule has 0 saturated heterocycles. The maximum absolute atomic E-state index is 11.4. The van der Waals surface area contributed by atoms with Crippen molar-refractivity contribution in [2.75, 3.05) is 6.54 Å². The van der Waals surface area contributed by atoms with Gasteiger partial charge >= 0.3 is 12.1 Å². The highest BCUT2D eigenvalue weighted by Gasteiger charge is 2.31. The Hall–Kier alpha value is -1.30. The van der Waals surface area contributed by atoms with Gasteiger partial charge in [-0.3, -0.25) is 4.79 Å². The van der Waals surface area contributed by atoms with Crippen LogP contribution < -0.4 is 11.1 Å². The van der Waals surface area contributed by atoms with E-state index in [9.17, 15) is 9.59 Å². The van der Waals surface area contributed by atoms with Gasteiger partial charge in [0.25, 0.3) is 0 Å². The van der Waals surface area contributed by atoms with Crippen molar-refractivity contribution in [1.29, 1.82) is 0 Å². The third-order valence-electron chi connectivity index (χ3n) is 2.55. The molecule has 0 fully saturated rings. The molecule has 0 unspecified atom stereocenters. The van der Waals surface area contributed by atoms with Crippen LogP contribution in [0.4, 0.5) is 4.79 Å². The van der Waals surface area contributed by atoms with Crippen molar-refractivity contribution in [1.82, 2.24) is 5.32 Å². The molecular formula is C12H24N2O4. The van der Waals surface area contributed by atoms with Gasteiger partial charge in [-0.25, -0.2) is 4.79 Å². The molecule has 0 aromatic rings. The van der Waals surface area contributed by atoms with E-state index in [0.29, 0.717) is 13.0 Å². The Morgan fingerprint density at radius 3 is 2.17 bits per heavy atom. The number of ether oxygens (including phenoxy) is 1. The number of nitrogens with two attached hydrogens (primary N) is 1. The maximum atomic E-state index is 11.4. The van der Waals surface area contributed by atoms with Gasteiger partial charge in [0.15, 0.2) is 0 Å². The molecule has 0 rings (SSSR count). The second-order valence-electron chi connectivity index (χ2n) is 5.98. The van der Waals surface area contributed by atoms with Crippen LogP contribution in [0.3, 0.4) is 0 Å². The van der Waals surface area contributed by atoms with Gasteiger partial charge in [-0.05, 0) is 32.6 Å². The largest absolute Gasteiger partial charge is 0.480 e. The van der Waals surface area contributed by atoms with Crippen LogP contribution in [0.2, 0.25) is 0 Å². The number of nitrogens with one attached hydrogen (secondary N) is 1. The van der Waals surface area contributed by atoms with Gasteiger partial charge in [0.2, 0.25) is 0 Å². The fourth-order valence-electron chi connectivity index (χ4n) is 1.29. The zero-order chi connectivity index (χ0) is 14.6. The fraction of sp³-hybridized carbons (Fsp3) is 0.833. The van der Waals surface area contributed by atoms with Crippen LogP contribution >= 0.6 is 0 Å². The van der Waals surface area contributed by atoms with Crippen LogP contribution in [0.1, 0.15) is 41.0 Å². The molecule has 6 nitrogen and oxygen atoms in total. The van der Waals surface area contributed by atoms with Crippen LogP contribution in [0.15, 0.2) is 0 Å². The topological polar surface area (TPSA) is 102 Å². The average molecular weight is 260 g/mol. The smallest absolute Gasteiger partial charge is 0.407 e. The Bertz CT molecular complexity index is 308. The van der Waals surface area contributed by atoms with E-state index in [1.165, 1.54) is 0 Å². The molecule has 106 valence electrons. The molecule has 0 aliphatic rings. The summed E-state index contributed by atoms with van der Waals surface area (Å²) >= 11 is 0. The highest BCUT2D eigenvalue weighted by atomic mass is 16.6. The van der Waals surface area contributed by atoms with Gasteiger partial charge in [-0.15, -0.1) is 0 Å². The summed E-state index contributed by atoms with van der Waals surface area (Å²) in [6, 6.07) is -0.960. The molecule has 0 bridgehead atoms. The Kier molecular flexibility index (Phi) is 5.60. The van der Waals surface area contributed by atoms with Crippen LogP contribution in [0.5, 0.6) is 0 Å². The molecule has 0 radical (unpaired) electrons. The summed E-state index contributed by atoms with van der Waals surface area (Å²) in [5, 5.41) is 11.4. The number of alkyl carbamates (subject to hydrolysis) is 1. The molecular weight excluding hydrogens is 236 g/mol. The Labute approximate surface area is 108 Å². The third kappa shape index (κ3) is 6.44. The molecule has 0 aliphatic carbocycles. The standard InChI is InChI=1S/C12H24N2O4/c1-11(2,3)18-10(17)14-7-6-12(4,5)8(13)9(15)16/h8H,6-7,13H2,1-5H3,(H,14,17)(H,15,16)/t8-/m0/s1. The monoisotopic (exact) mass is 260 g/mol. The minimum Gasteiger partial charge on any atom is -0.480 e. The van der Waals surface area contributed by atoms with Gasteiger partial charge in [-0.1, -0.05) is 13.8 Å². The zero-order valence-electron chi connectivity index (χ0n) is 11.7. The SMILES string of the molecule is CC(C)(C)OC(=O)NCCC(C)(C)[C@@H](N)C(=O)O. The fourth-order valence-corrected chi connectivity index (χ4v) is 1.29. The van der Waals surface area contributed by atoms with Gasteiger partial charge in [0, 0.05) is 6.54 Å². The number of carboxylic acid groups (broad SMARTS) is 1. The lowest BCUT2D eigenvalue weighted by molar-refractivity contribution is -0.141. The number of carbonyl (C=O) groups is 2. The first-order chi connectivity index (χ1) is 7.96. The van der Waals surface area contributed by atoms with Gasteiger partial charge in [0.1, 0.15) is 11.6 Å². The van der Waals surface area contributed by atoms with Crippen molar-refractivity contribution in [2.45, 2.75) is 52.7 Å². The van der Waals surface area contributed by atoms with E-state index in [2.05, 4.69) is 5.32 Å². The molecule has 0 aromatic carbocycles. The van der Waals surface area contributed by atoms with E-state index in [1.807, 2.05) is 0 Å². The van der Waals surface area contributed by atoms with E-state index in [4.69, 9.17) is 15.6 Å². The quantitative estimate of drug-likeness (QED) is 0.692. The van der Waals surface area contributed by atoms with Gasteiger partial charge < -0.3 is 20.9 Å². The van der Waals surface area contributed by atoms with Crippen molar-refractivity contribution in [3.05, 3.63) is 0 Å². The highest BCUT2D eigenvalue weighted by Crippen LogP contribution is 2.23.